The predicted molar refractivity (Wildman–Crippen MR) is 386 cm³/mol. The lowest BCUT2D eigenvalue weighted by Gasteiger charge is -2.21. The lowest BCUT2D eigenvalue weighted by atomic mass is 10.0. The summed E-state index contributed by atoms with van der Waals surface area (Å²) in [5, 5.41) is 10.6. The van der Waals surface area contributed by atoms with Crippen LogP contribution in [0.5, 0.6) is 0 Å². The van der Waals surface area contributed by atoms with Gasteiger partial charge in [-0.2, -0.15) is 0 Å². The summed E-state index contributed by atoms with van der Waals surface area (Å²) in [6.07, 6.45) is 50.0. The molecule has 0 aromatic heterocycles. The first kappa shape index (κ1) is 93.1. The van der Waals surface area contributed by atoms with Crippen molar-refractivity contribution in [2.45, 2.75) is 401 Å². The van der Waals surface area contributed by atoms with Gasteiger partial charge in [-0.25, -0.2) is 9.13 Å². The fraction of sp³-hybridized carbons (Fsp3) is 0.947. The van der Waals surface area contributed by atoms with Gasteiger partial charge in [0, 0.05) is 25.7 Å². The Labute approximate surface area is 581 Å². The first-order valence-electron chi connectivity index (χ1n) is 39.2. The van der Waals surface area contributed by atoms with Crippen LogP contribution in [0.4, 0.5) is 0 Å². The molecule has 0 aromatic carbocycles. The molecule has 0 aliphatic carbocycles. The zero-order valence-electron chi connectivity index (χ0n) is 62.3. The van der Waals surface area contributed by atoms with Crippen molar-refractivity contribution in [2.24, 2.45) is 23.7 Å². The maximum absolute atomic E-state index is 13.1. The molecule has 0 fully saturated rings. The minimum absolute atomic E-state index is 0.104. The molecule has 0 aromatic rings. The van der Waals surface area contributed by atoms with Crippen LogP contribution in [0.25, 0.3) is 0 Å². The van der Waals surface area contributed by atoms with Gasteiger partial charge in [0.1, 0.15) is 19.3 Å². The van der Waals surface area contributed by atoms with Gasteiger partial charge in [0.05, 0.1) is 26.4 Å². The summed E-state index contributed by atoms with van der Waals surface area (Å²) in [4.78, 5) is 72.8. The number of unbranched alkanes of at least 4 members (excludes halogenated alkanes) is 39. The number of carbonyl (C=O) groups is 4. The first-order valence-corrected chi connectivity index (χ1v) is 42.2. The van der Waals surface area contributed by atoms with Gasteiger partial charge in [-0.15, -0.1) is 0 Å². The van der Waals surface area contributed by atoms with E-state index in [-0.39, 0.29) is 25.7 Å². The molecule has 3 N–H and O–H groups in total. The lowest BCUT2D eigenvalue weighted by Crippen LogP contribution is -2.30. The zero-order valence-corrected chi connectivity index (χ0v) is 64.1. The highest BCUT2D eigenvalue weighted by atomic mass is 31.2. The fourth-order valence-corrected chi connectivity index (χ4v) is 13.1. The highest BCUT2D eigenvalue weighted by Crippen LogP contribution is 2.45. The van der Waals surface area contributed by atoms with Crippen molar-refractivity contribution < 1.29 is 80.2 Å². The standard InChI is InChI=1S/C76H148O17P2/c1-66(2)52-44-36-28-21-16-12-9-10-14-19-25-33-42-50-58-75(80)92-71(62-86-73(78)56-48-40-32-24-18-15-11-13-17-22-29-37-45-53-67(3)4)64-90-94(82,83)88-60-70(77)61-89-95(84,85)91-65-72(63-87-74(79)57-49-41-35-27-31-39-47-55-69(7)8)93-76(81)59-51-43-34-26-20-23-30-38-46-54-68(5)6/h66-72,77H,9-65H2,1-8H3,(H,82,83)(H,84,85)/t70?,71-,72-/m1/s1. The van der Waals surface area contributed by atoms with Gasteiger partial charge in [0.25, 0.3) is 0 Å². The number of aliphatic hydroxyl groups is 1. The summed E-state index contributed by atoms with van der Waals surface area (Å²) in [5.41, 5.74) is 0. The number of phosphoric ester groups is 2. The molecule has 0 aliphatic heterocycles. The van der Waals surface area contributed by atoms with Crippen molar-refractivity contribution in [3.8, 4) is 0 Å². The summed E-state index contributed by atoms with van der Waals surface area (Å²) < 4.78 is 68.5. The van der Waals surface area contributed by atoms with E-state index >= 15 is 0 Å². The largest absolute Gasteiger partial charge is 0.472 e. The van der Waals surface area contributed by atoms with E-state index in [0.717, 1.165) is 114 Å². The third-order valence-electron chi connectivity index (χ3n) is 17.6. The fourth-order valence-electron chi connectivity index (χ4n) is 11.6. The summed E-state index contributed by atoms with van der Waals surface area (Å²) in [6, 6.07) is 0. The Morgan fingerprint density at radius 1 is 0.263 bits per heavy atom. The van der Waals surface area contributed by atoms with Crippen molar-refractivity contribution in [3.05, 3.63) is 0 Å². The van der Waals surface area contributed by atoms with Crippen molar-refractivity contribution in [1.82, 2.24) is 0 Å². The highest BCUT2D eigenvalue weighted by Gasteiger charge is 2.30. The molecule has 0 saturated heterocycles. The number of carbonyl (C=O) groups excluding carboxylic acids is 4. The van der Waals surface area contributed by atoms with Crippen LogP contribution in [0.2, 0.25) is 0 Å². The second-order valence-corrected chi connectivity index (χ2v) is 32.2. The average Bonchev–Trinajstić information content (AvgIpc) is 2.09. The predicted octanol–water partition coefficient (Wildman–Crippen LogP) is 22.0. The minimum Gasteiger partial charge on any atom is -0.462 e. The number of hydrogen-bond donors (Lipinski definition) is 3. The number of phosphoric acid groups is 2. The molecule has 5 atom stereocenters. The monoisotopic (exact) mass is 1400 g/mol. The number of esters is 4. The smallest absolute Gasteiger partial charge is 0.462 e. The highest BCUT2D eigenvalue weighted by molar-refractivity contribution is 7.47. The molecular weight excluding hydrogens is 1250 g/mol. The van der Waals surface area contributed by atoms with Crippen LogP contribution in [0, 0.1) is 23.7 Å². The molecule has 19 heteroatoms. The summed E-state index contributed by atoms with van der Waals surface area (Å²) in [6.45, 7) is 14.2. The van der Waals surface area contributed by atoms with Crippen molar-refractivity contribution in [2.75, 3.05) is 39.6 Å². The molecule has 3 unspecified atom stereocenters. The topological polar surface area (TPSA) is 237 Å². The van der Waals surface area contributed by atoms with Gasteiger partial charge in [-0.05, 0) is 49.4 Å². The van der Waals surface area contributed by atoms with E-state index in [1.165, 1.54) is 180 Å². The van der Waals surface area contributed by atoms with E-state index in [1.807, 2.05) is 0 Å². The molecule has 0 saturated carbocycles. The molecule has 0 bridgehead atoms. The van der Waals surface area contributed by atoms with Crippen LogP contribution in [-0.2, 0) is 65.4 Å². The molecule has 564 valence electrons. The third kappa shape index (κ3) is 70.3. The number of aliphatic hydroxyl groups excluding tert-OH is 1. The first-order chi connectivity index (χ1) is 45.6. The number of rotatable bonds is 73. The van der Waals surface area contributed by atoms with Crippen molar-refractivity contribution in [1.29, 1.82) is 0 Å². The lowest BCUT2D eigenvalue weighted by molar-refractivity contribution is -0.161. The quantitative estimate of drug-likeness (QED) is 0.0222. The third-order valence-corrected chi connectivity index (χ3v) is 19.5. The van der Waals surface area contributed by atoms with Crippen molar-refractivity contribution >= 4 is 39.5 Å². The van der Waals surface area contributed by atoms with Gasteiger partial charge in [-0.1, -0.05) is 331 Å². The second kappa shape index (κ2) is 65.4. The van der Waals surface area contributed by atoms with Crippen LogP contribution >= 0.6 is 15.6 Å². The maximum Gasteiger partial charge on any atom is 0.472 e. The van der Waals surface area contributed by atoms with Gasteiger partial charge in [-0.3, -0.25) is 37.3 Å². The molecule has 0 rings (SSSR count). The van der Waals surface area contributed by atoms with E-state index < -0.39 is 97.5 Å². The Bertz CT molecular complexity index is 1870. The molecule has 0 spiro atoms. The minimum atomic E-state index is -4.96. The number of hydrogen-bond acceptors (Lipinski definition) is 15. The van der Waals surface area contributed by atoms with Crippen LogP contribution < -0.4 is 0 Å². The average molecular weight is 1400 g/mol. The molecular formula is C76H148O17P2. The molecule has 95 heavy (non-hydrogen) atoms. The van der Waals surface area contributed by atoms with E-state index in [9.17, 15) is 43.2 Å². The van der Waals surface area contributed by atoms with E-state index in [4.69, 9.17) is 37.0 Å². The Kier molecular flexibility index (Phi) is 64.0. The summed E-state index contributed by atoms with van der Waals surface area (Å²) in [5.74, 6) is 0.906. The Balaban J connectivity index is 5.25. The SMILES string of the molecule is CC(C)CCCCCCCCCCCCCCCCC(=O)O[C@H](COC(=O)CCCCCCCCCCCCCCCC(C)C)COP(=O)(O)OCC(O)COP(=O)(O)OC[C@@H](COC(=O)CCCCCCCCCC(C)C)OC(=O)CCCCCCCCCCCC(C)C. The summed E-state index contributed by atoms with van der Waals surface area (Å²) >= 11 is 0. The molecule has 0 amide bonds. The van der Waals surface area contributed by atoms with Gasteiger partial charge in [0.2, 0.25) is 0 Å². The van der Waals surface area contributed by atoms with E-state index in [0.29, 0.717) is 31.6 Å². The van der Waals surface area contributed by atoms with E-state index in [1.54, 1.807) is 0 Å². The van der Waals surface area contributed by atoms with E-state index in [2.05, 4.69) is 55.4 Å². The van der Waals surface area contributed by atoms with Crippen LogP contribution in [0.15, 0.2) is 0 Å². The van der Waals surface area contributed by atoms with Gasteiger partial charge in [0.15, 0.2) is 12.2 Å². The molecule has 0 radical (unpaired) electrons. The molecule has 0 heterocycles. The maximum atomic E-state index is 13.1. The number of ether oxygens (including phenoxy) is 4. The summed E-state index contributed by atoms with van der Waals surface area (Å²) in [7, 11) is -9.91. The van der Waals surface area contributed by atoms with Crippen LogP contribution in [0.3, 0.4) is 0 Å². The Hall–Kier alpha value is -1.94. The van der Waals surface area contributed by atoms with Crippen LogP contribution in [-0.4, -0.2) is 96.7 Å². The normalized spacial score (nSPS) is 14.1. The molecule has 0 aliphatic rings. The Morgan fingerprint density at radius 2 is 0.442 bits per heavy atom. The van der Waals surface area contributed by atoms with Gasteiger partial charge >= 0.3 is 39.5 Å². The Morgan fingerprint density at radius 3 is 0.653 bits per heavy atom. The molecule has 17 nitrogen and oxygen atoms in total. The van der Waals surface area contributed by atoms with Gasteiger partial charge < -0.3 is 33.8 Å². The zero-order chi connectivity index (χ0) is 70.3. The second-order valence-electron chi connectivity index (χ2n) is 29.3. The van der Waals surface area contributed by atoms with Crippen LogP contribution in [0.1, 0.15) is 383 Å². The van der Waals surface area contributed by atoms with Crippen molar-refractivity contribution in [3.63, 3.8) is 0 Å².